The minimum Gasteiger partial charge on any atom is -0.385 e. The van der Waals surface area contributed by atoms with Gasteiger partial charge >= 0.3 is 0 Å². The number of imidazole rings is 1. The number of fused-ring (bicyclic) bond motifs is 1. The van der Waals surface area contributed by atoms with E-state index in [0.717, 1.165) is 24.1 Å². The number of nitrogens with zero attached hydrogens (tertiary/aromatic N) is 2. The molecule has 0 radical (unpaired) electrons. The van der Waals surface area contributed by atoms with Crippen LogP contribution in [0.2, 0.25) is 10.0 Å². The molecule has 9 heteroatoms. The number of halogens is 4. The number of hydrogen-bond donors (Lipinski definition) is 2. The molecule has 1 atom stereocenters. The van der Waals surface area contributed by atoms with Crippen LogP contribution in [0.15, 0.2) is 30.3 Å². The van der Waals surface area contributed by atoms with Crippen molar-refractivity contribution >= 4 is 51.9 Å². The summed E-state index contributed by atoms with van der Waals surface area (Å²) in [6.45, 7) is 3.18. The van der Waals surface area contributed by atoms with Gasteiger partial charge in [0, 0.05) is 50.5 Å². The Morgan fingerprint density at radius 3 is 2.56 bits per heavy atom. The highest BCUT2D eigenvalue weighted by atomic mass is 35.5. The SMILES string of the molecule is CCNc1ccc(C(CC=O)c2nc3c(Cl)c(N4CCC(F)(F)CC4)c(Cl)cc3[nH]2)cc1. The number of rotatable bonds is 7. The summed E-state index contributed by atoms with van der Waals surface area (Å²) in [5.74, 6) is -2.34. The predicted molar refractivity (Wildman–Crippen MR) is 126 cm³/mol. The van der Waals surface area contributed by atoms with E-state index in [9.17, 15) is 13.6 Å². The number of carbonyl (C=O) groups is 1. The van der Waals surface area contributed by atoms with Crippen LogP contribution < -0.4 is 10.2 Å². The summed E-state index contributed by atoms with van der Waals surface area (Å²) in [6.07, 6.45) is 0.630. The van der Waals surface area contributed by atoms with Crippen molar-refractivity contribution < 1.29 is 13.6 Å². The number of hydrogen-bond acceptors (Lipinski definition) is 4. The van der Waals surface area contributed by atoms with Gasteiger partial charge < -0.3 is 20.0 Å². The molecule has 1 fully saturated rings. The van der Waals surface area contributed by atoms with Crippen LogP contribution in [0.4, 0.5) is 20.2 Å². The van der Waals surface area contributed by atoms with Gasteiger partial charge in [0.25, 0.3) is 5.92 Å². The number of aldehydes is 1. The Labute approximate surface area is 195 Å². The molecule has 2 N–H and O–H groups in total. The second kappa shape index (κ2) is 9.24. The number of aromatic amines is 1. The van der Waals surface area contributed by atoms with Crippen molar-refractivity contribution in [2.45, 2.75) is 38.0 Å². The fraction of sp³-hybridized carbons (Fsp3) is 0.391. The average molecular weight is 481 g/mol. The second-order valence-electron chi connectivity index (χ2n) is 7.99. The quantitative estimate of drug-likeness (QED) is 0.391. The van der Waals surface area contributed by atoms with E-state index in [1.165, 1.54) is 0 Å². The van der Waals surface area contributed by atoms with Gasteiger partial charge in [-0.2, -0.15) is 0 Å². The van der Waals surface area contributed by atoms with Crippen LogP contribution in [-0.2, 0) is 4.79 Å². The van der Waals surface area contributed by atoms with E-state index in [2.05, 4.69) is 10.3 Å². The lowest BCUT2D eigenvalue weighted by atomic mass is 9.95. The maximum atomic E-state index is 13.6. The molecule has 2 aromatic carbocycles. The van der Waals surface area contributed by atoms with Crippen molar-refractivity contribution in [2.24, 2.45) is 0 Å². The molecule has 32 heavy (non-hydrogen) atoms. The monoisotopic (exact) mass is 480 g/mol. The predicted octanol–water partition coefficient (Wildman–Crippen LogP) is 6.26. The summed E-state index contributed by atoms with van der Waals surface area (Å²) < 4.78 is 27.2. The molecule has 1 aliphatic rings. The lowest BCUT2D eigenvalue weighted by Gasteiger charge is -2.34. The zero-order valence-corrected chi connectivity index (χ0v) is 19.1. The highest BCUT2D eigenvalue weighted by Crippen LogP contribution is 2.42. The number of carbonyl (C=O) groups excluding carboxylic acids is 1. The number of benzene rings is 2. The van der Waals surface area contributed by atoms with Crippen LogP contribution >= 0.6 is 23.2 Å². The summed E-state index contributed by atoms with van der Waals surface area (Å²) in [6, 6.07) is 9.58. The third-order valence-corrected chi connectivity index (χ3v) is 6.48. The second-order valence-corrected chi connectivity index (χ2v) is 8.77. The maximum absolute atomic E-state index is 13.6. The fourth-order valence-corrected chi connectivity index (χ4v) is 4.88. The first kappa shape index (κ1) is 22.8. The molecule has 5 nitrogen and oxygen atoms in total. The molecular formula is C23H24Cl2F2N4O. The van der Waals surface area contributed by atoms with Gasteiger partial charge in [0.1, 0.15) is 17.6 Å². The zero-order chi connectivity index (χ0) is 22.9. The fourth-order valence-electron chi connectivity index (χ4n) is 4.14. The molecule has 3 aromatic rings. The van der Waals surface area contributed by atoms with Gasteiger partial charge in [-0.15, -0.1) is 0 Å². The van der Waals surface area contributed by atoms with Crippen LogP contribution in [0.5, 0.6) is 0 Å². The standard InChI is InChI=1S/C23H24Cl2F2N4O/c1-2-28-15-5-3-14(4-6-15)16(7-12-32)22-29-18-13-17(24)21(19(25)20(18)30-22)31-10-8-23(26,27)9-11-31/h3-6,12-13,16,28H,2,7-11H2,1H3,(H,29,30). The van der Waals surface area contributed by atoms with Gasteiger partial charge in [0.15, 0.2) is 0 Å². The highest BCUT2D eigenvalue weighted by molar-refractivity contribution is 6.42. The summed E-state index contributed by atoms with van der Waals surface area (Å²) in [7, 11) is 0. The lowest BCUT2D eigenvalue weighted by molar-refractivity contribution is -0.108. The van der Waals surface area contributed by atoms with Crippen LogP contribution in [0.1, 0.15) is 43.5 Å². The Bertz CT molecular complexity index is 1110. The van der Waals surface area contributed by atoms with Crippen molar-refractivity contribution in [2.75, 3.05) is 29.9 Å². The minimum atomic E-state index is -2.66. The smallest absolute Gasteiger partial charge is 0.251 e. The maximum Gasteiger partial charge on any atom is 0.251 e. The van der Waals surface area contributed by atoms with Crippen molar-refractivity contribution in [3.8, 4) is 0 Å². The van der Waals surface area contributed by atoms with E-state index in [1.54, 1.807) is 11.0 Å². The van der Waals surface area contributed by atoms with Crippen LogP contribution in [0.3, 0.4) is 0 Å². The lowest BCUT2D eigenvalue weighted by Crippen LogP contribution is -2.39. The normalized spacial score (nSPS) is 16.8. The summed E-state index contributed by atoms with van der Waals surface area (Å²) in [4.78, 5) is 21.1. The first-order valence-electron chi connectivity index (χ1n) is 10.6. The molecule has 1 saturated heterocycles. The minimum absolute atomic E-state index is 0.168. The summed E-state index contributed by atoms with van der Waals surface area (Å²) >= 11 is 13.2. The molecule has 0 amide bonds. The third kappa shape index (κ3) is 4.55. The first-order valence-corrected chi connectivity index (χ1v) is 11.4. The highest BCUT2D eigenvalue weighted by Gasteiger charge is 2.35. The molecular weight excluding hydrogens is 457 g/mol. The topological polar surface area (TPSA) is 61.0 Å². The van der Waals surface area contributed by atoms with E-state index >= 15 is 0 Å². The number of nitrogens with one attached hydrogen (secondary N) is 2. The number of aromatic nitrogens is 2. The molecule has 1 aliphatic heterocycles. The summed E-state index contributed by atoms with van der Waals surface area (Å²) in [5.41, 5.74) is 3.62. The number of anilines is 2. The molecule has 1 unspecified atom stereocenters. The Morgan fingerprint density at radius 1 is 1.25 bits per heavy atom. The Kier molecular flexibility index (Phi) is 6.58. The van der Waals surface area contributed by atoms with Gasteiger partial charge in [-0.1, -0.05) is 35.3 Å². The van der Waals surface area contributed by atoms with Gasteiger partial charge in [0.05, 0.1) is 21.2 Å². The van der Waals surface area contributed by atoms with Crippen molar-refractivity contribution in [3.05, 3.63) is 51.8 Å². The molecule has 2 heterocycles. The Morgan fingerprint density at radius 2 is 1.94 bits per heavy atom. The van der Waals surface area contributed by atoms with Gasteiger partial charge in [-0.3, -0.25) is 0 Å². The van der Waals surface area contributed by atoms with E-state index in [-0.39, 0.29) is 38.3 Å². The molecule has 0 aliphatic carbocycles. The van der Waals surface area contributed by atoms with Crippen molar-refractivity contribution in [3.63, 3.8) is 0 Å². The van der Waals surface area contributed by atoms with Crippen LogP contribution in [0.25, 0.3) is 11.0 Å². The zero-order valence-electron chi connectivity index (χ0n) is 17.6. The molecule has 0 bridgehead atoms. The summed E-state index contributed by atoms with van der Waals surface area (Å²) in [5, 5.41) is 3.95. The number of piperidine rings is 1. The van der Waals surface area contributed by atoms with E-state index < -0.39 is 5.92 Å². The number of alkyl halides is 2. The van der Waals surface area contributed by atoms with Crippen LogP contribution in [0, 0.1) is 0 Å². The van der Waals surface area contributed by atoms with E-state index in [4.69, 9.17) is 28.2 Å². The molecule has 0 saturated carbocycles. The van der Waals surface area contributed by atoms with Gasteiger partial charge in [-0.25, -0.2) is 13.8 Å². The average Bonchev–Trinajstić information content (AvgIpc) is 3.18. The van der Waals surface area contributed by atoms with E-state index in [1.807, 2.05) is 31.2 Å². The first-order chi connectivity index (χ1) is 15.3. The molecule has 0 spiro atoms. The molecule has 4 rings (SSSR count). The molecule has 170 valence electrons. The van der Waals surface area contributed by atoms with Crippen molar-refractivity contribution in [1.29, 1.82) is 0 Å². The Hall–Kier alpha value is -2.38. The Balaban J connectivity index is 1.70. The van der Waals surface area contributed by atoms with Gasteiger partial charge in [-0.05, 0) is 30.7 Å². The molecule has 1 aromatic heterocycles. The van der Waals surface area contributed by atoms with Gasteiger partial charge in [0.2, 0.25) is 0 Å². The van der Waals surface area contributed by atoms with Crippen molar-refractivity contribution in [1.82, 2.24) is 9.97 Å². The van der Waals surface area contributed by atoms with E-state index in [0.29, 0.717) is 32.6 Å². The number of H-pyrrole nitrogens is 1. The van der Waals surface area contributed by atoms with Crippen LogP contribution in [-0.4, -0.2) is 41.8 Å². The largest absolute Gasteiger partial charge is 0.385 e. The third-order valence-electron chi connectivity index (χ3n) is 5.83.